The first-order valence-corrected chi connectivity index (χ1v) is 5.34. The first-order valence-electron chi connectivity index (χ1n) is 4.55. The van der Waals surface area contributed by atoms with Gasteiger partial charge in [0.05, 0.1) is 18.9 Å². The average molecular weight is 299 g/mol. The highest BCUT2D eigenvalue weighted by molar-refractivity contribution is 9.10. The van der Waals surface area contributed by atoms with Gasteiger partial charge in [-0.3, -0.25) is 0 Å². The molecule has 0 bridgehead atoms. The fraction of sp³-hybridized carbons (Fsp3) is 0.100. The zero-order valence-electron chi connectivity index (χ0n) is 9.05. The second-order valence-electron chi connectivity index (χ2n) is 2.97. The van der Waals surface area contributed by atoms with Crippen LogP contribution in [0.5, 0.6) is 0 Å². The summed E-state index contributed by atoms with van der Waals surface area (Å²) in [5.74, 6) is -0.625. The Balaban J connectivity index is 3.15. The van der Waals surface area contributed by atoms with Crippen LogP contribution in [-0.2, 0) is 4.74 Å². The maximum absolute atomic E-state index is 11.6. The second kappa shape index (κ2) is 6.00. The molecule has 0 aliphatic carbocycles. The van der Waals surface area contributed by atoms with Crippen molar-refractivity contribution in [2.45, 2.75) is 0 Å². The van der Waals surface area contributed by atoms with Gasteiger partial charge in [-0.2, -0.15) is 5.10 Å². The monoisotopic (exact) mass is 298 g/mol. The van der Waals surface area contributed by atoms with E-state index in [2.05, 4.69) is 30.9 Å². The van der Waals surface area contributed by atoms with E-state index in [1.54, 1.807) is 18.2 Å². The molecule has 0 aliphatic rings. The van der Waals surface area contributed by atoms with Gasteiger partial charge in [-0.1, -0.05) is 12.1 Å². The van der Waals surface area contributed by atoms with Gasteiger partial charge in [0.2, 0.25) is 5.96 Å². The van der Waals surface area contributed by atoms with Gasteiger partial charge < -0.3 is 16.2 Å². The zero-order valence-corrected chi connectivity index (χ0v) is 10.6. The van der Waals surface area contributed by atoms with Gasteiger partial charge in [-0.15, -0.1) is 5.10 Å². The van der Waals surface area contributed by atoms with Crippen LogP contribution >= 0.6 is 15.9 Å². The molecule has 0 saturated heterocycles. The van der Waals surface area contributed by atoms with E-state index in [4.69, 9.17) is 11.5 Å². The molecule has 0 saturated carbocycles. The summed E-state index contributed by atoms with van der Waals surface area (Å²) in [6.45, 7) is 0. The number of nitrogens with two attached hydrogens (primary N) is 2. The lowest BCUT2D eigenvalue weighted by Crippen LogP contribution is -2.21. The third-order valence-corrected chi connectivity index (χ3v) is 2.47. The fourth-order valence-electron chi connectivity index (χ4n) is 1.12. The molecule has 0 atom stereocenters. The third kappa shape index (κ3) is 3.56. The van der Waals surface area contributed by atoms with Gasteiger partial charge in [0.25, 0.3) is 0 Å². The summed E-state index contributed by atoms with van der Waals surface area (Å²) in [6.07, 6.45) is 1.37. The molecule has 4 N–H and O–H groups in total. The van der Waals surface area contributed by atoms with Crippen molar-refractivity contribution in [3.8, 4) is 0 Å². The van der Waals surface area contributed by atoms with Crippen molar-refractivity contribution in [3.05, 3.63) is 33.8 Å². The number of nitrogens with zero attached hydrogens (tertiary/aromatic N) is 2. The van der Waals surface area contributed by atoms with Gasteiger partial charge in [0, 0.05) is 10.0 Å². The van der Waals surface area contributed by atoms with Gasteiger partial charge >= 0.3 is 5.97 Å². The van der Waals surface area contributed by atoms with E-state index in [1.165, 1.54) is 13.3 Å². The molecule has 0 radical (unpaired) electrons. The number of guanidine groups is 1. The van der Waals surface area contributed by atoms with E-state index >= 15 is 0 Å². The van der Waals surface area contributed by atoms with Crippen molar-refractivity contribution in [3.63, 3.8) is 0 Å². The van der Waals surface area contributed by atoms with Crippen molar-refractivity contribution in [1.82, 2.24) is 0 Å². The van der Waals surface area contributed by atoms with Gasteiger partial charge in [0.15, 0.2) is 0 Å². The van der Waals surface area contributed by atoms with Crippen LogP contribution < -0.4 is 11.5 Å². The maximum Gasteiger partial charge on any atom is 0.339 e. The molecule has 7 heteroatoms. The van der Waals surface area contributed by atoms with Crippen molar-refractivity contribution in [2.24, 2.45) is 21.7 Å². The van der Waals surface area contributed by atoms with Crippen LogP contribution in [0.1, 0.15) is 15.9 Å². The molecule has 1 aromatic rings. The summed E-state index contributed by atoms with van der Waals surface area (Å²) < 4.78 is 5.28. The first-order chi connectivity index (χ1) is 8.06. The molecule has 90 valence electrons. The van der Waals surface area contributed by atoms with Gasteiger partial charge in [-0.25, -0.2) is 4.79 Å². The number of methoxy groups -OCH3 is 1. The molecule has 0 heterocycles. The van der Waals surface area contributed by atoms with E-state index in [0.717, 1.165) is 0 Å². The normalized spacial score (nSPS) is 10.2. The first kappa shape index (κ1) is 13.2. The van der Waals surface area contributed by atoms with Crippen LogP contribution in [0, 0.1) is 0 Å². The molecule has 0 amide bonds. The third-order valence-electron chi connectivity index (χ3n) is 1.81. The SMILES string of the molecule is COC(=O)c1c(Br)cccc1C=NN=C(N)N. The predicted octanol–water partition coefficient (Wildman–Crippen LogP) is 0.843. The lowest BCUT2D eigenvalue weighted by molar-refractivity contribution is 0.0599. The Labute approximate surface area is 106 Å². The van der Waals surface area contributed by atoms with Gasteiger partial charge in [-0.05, 0) is 22.0 Å². The lowest BCUT2D eigenvalue weighted by Gasteiger charge is -2.05. The topological polar surface area (TPSA) is 103 Å². The Kier molecular flexibility index (Phi) is 4.65. The molecule has 0 aliphatic heterocycles. The molecule has 6 nitrogen and oxygen atoms in total. The second-order valence-corrected chi connectivity index (χ2v) is 3.82. The highest BCUT2D eigenvalue weighted by Gasteiger charge is 2.14. The van der Waals surface area contributed by atoms with Crippen LogP contribution in [0.3, 0.4) is 0 Å². The van der Waals surface area contributed by atoms with E-state index in [0.29, 0.717) is 15.6 Å². The smallest absolute Gasteiger partial charge is 0.339 e. The zero-order chi connectivity index (χ0) is 12.8. The van der Waals surface area contributed by atoms with E-state index in [1.807, 2.05) is 0 Å². The molecule has 0 aromatic heterocycles. The number of carbonyl (C=O) groups excluding carboxylic acids is 1. The predicted molar refractivity (Wildman–Crippen MR) is 68.9 cm³/mol. The molecular formula is C10H11BrN4O2. The number of carbonyl (C=O) groups is 1. The van der Waals surface area contributed by atoms with Crippen molar-refractivity contribution in [2.75, 3.05) is 7.11 Å². The molecule has 0 spiro atoms. The summed E-state index contributed by atoms with van der Waals surface area (Å²) in [5.41, 5.74) is 11.2. The minimum absolute atomic E-state index is 0.157. The number of benzene rings is 1. The number of ether oxygens (including phenoxy) is 1. The number of halogens is 1. The molecular weight excluding hydrogens is 288 g/mol. The maximum atomic E-state index is 11.6. The Morgan fingerprint density at radius 2 is 2.18 bits per heavy atom. The Hall–Kier alpha value is -1.89. The van der Waals surface area contributed by atoms with E-state index in [-0.39, 0.29) is 5.96 Å². The number of rotatable bonds is 3. The quantitative estimate of drug-likeness (QED) is 0.373. The van der Waals surface area contributed by atoms with Crippen molar-refractivity contribution >= 4 is 34.1 Å². The van der Waals surface area contributed by atoms with Gasteiger partial charge in [0.1, 0.15) is 0 Å². The van der Waals surface area contributed by atoms with Crippen LogP contribution in [-0.4, -0.2) is 25.3 Å². The van der Waals surface area contributed by atoms with Crippen LogP contribution in [0.15, 0.2) is 32.9 Å². The molecule has 1 aromatic carbocycles. The van der Waals surface area contributed by atoms with Crippen LogP contribution in [0.25, 0.3) is 0 Å². The highest BCUT2D eigenvalue weighted by atomic mass is 79.9. The summed E-state index contributed by atoms with van der Waals surface area (Å²) in [5, 5.41) is 7.09. The number of esters is 1. The largest absolute Gasteiger partial charge is 0.465 e. The van der Waals surface area contributed by atoms with Crippen molar-refractivity contribution in [1.29, 1.82) is 0 Å². The molecule has 17 heavy (non-hydrogen) atoms. The standard InChI is InChI=1S/C10H11BrN4O2/c1-17-9(16)8-6(3-2-4-7(8)11)5-14-15-10(12)13/h2-5H,1H3,(H4,12,13,15). The van der Waals surface area contributed by atoms with Crippen LogP contribution in [0.2, 0.25) is 0 Å². The summed E-state index contributed by atoms with van der Waals surface area (Å²) in [6, 6.07) is 5.18. The number of hydrogen-bond acceptors (Lipinski definition) is 4. The summed E-state index contributed by atoms with van der Waals surface area (Å²) >= 11 is 3.26. The minimum Gasteiger partial charge on any atom is -0.465 e. The molecule has 0 unspecified atom stereocenters. The van der Waals surface area contributed by atoms with E-state index in [9.17, 15) is 4.79 Å². The Bertz CT molecular complexity index is 481. The Morgan fingerprint density at radius 1 is 1.47 bits per heavy atom. The highest BCUT2D eigenvalue weighted by Crippen LogP contribution is 2.20. The molecule has 1 rings (SSSR count). The fourth-order valence-corrected chi connectivity index (χ4v) is 1.67. The lowest BCUT2D eigenvalue weighted by atomic mass is 10.1. The van der Waals surface area contributed by atoms with E-state index < -0.39 is 5.97 Å². The average Bonchev–Trinajstić information content (AvgIpc) is 2.28. The van der Waals surface area contributed by atoms with Crippen LogP contribution in [0.4, 0.5) is 0 Å². The number of hydrogen-bond donors (Lipinski definition) is 2. The Morgan fingerprint density at radius 3 is 2.76 bits per heavy atom. The minimum atomic E-state index is -0.469. The molecule has 0 fully saturated rings. The van der Waals surface area contributed by atoms with Crippen molar-refractivity contribution < 1.29 is 9.53 Å². The summed E-state index contributed by atoms with van der Waals surface area (Å²) in [4.78, 5) is 11.6. The summed E-state index contributed by atoms with van der Waals surface area (Å²) in [7, 11) is 1.30.